The lowest BCUT2D eigenvalue weighted by atomic mass is 10.1. The summed E-state index contributed by atoms with van der Waals surface area (Å²) < 4.78 is 13.7. The van der Waals surface area contributed by atoms with Crippen molar-refractivity contribution in [3.63, 3.8) is 0 Å². The summed E-state index contributed by atoms with van der Waals surface area (Å²) in [6.45, 7) is 6.04. The molecule has 23 heavy (non-hydrogen) atoms. The third-order valence-corrected chi connectivity index (χ3v) is 3.85. The summed E-state index contributed by atoms with van der Waals surface area (Å²) in [6.07, 6.45) is 0.791. The third kappa shape index (κ3) is 4.94. The Morgan fingerprint density at radius 2 is 1.78 bits per heavy atom. The zero-order valence-corrected chi connectivity index (χ0v) is 13.7. The number of carbonyl (C=O) groups excluding carboxylic acids is 2. The largest absolute Gasteiger partial charge is 0.341 e. The molecule has 0 spiro atoms. The smallest absolute Gasteiger partial charge is 0.317 e. The number of amides is 3. The van der Waals surface area contributed by atoms with Gasteiger partial charge in [-0.05, 0) is 31.9 Å². The maximum absolute atomic E-state index is 13.7. The first kappa shape index (κ1) is 17.2. The Bertz CT molecular complexity index is 563. The van der Waals surface area contributed by atoms with E-state index < -0.39 is 0 Å². The minimum absolute atomic E-state index is 0.0604. The number of urea groups is 1. The van der Waals surface area contributed by atoms with Crippen molar-refractivity contribution in [2.75, 3.05) is 26.2 Å². The van der Waals surface area contributed by atoms with Crippen molar-refractivity contribution >= 4 is 11.9 Å². The first-order chi connectivity index (χ1) is 11.0. The van der Waals surface area contributed by atoms with Gasteiger partial charge in [0.25, 0.3) is 0 Å². The minimum atomic E-state index is -0.353. The zero-order valence-electron chi connectivity index (χ0n) is 13.7. The summed E-state index contributed by atoms with van der Waals surface area (Å²) >= 11 is 0. The topological polar surface area (TPSA) is 52.7 Å². The van der Waals surface area contributed by atoms with Crippen LogP contribution in [-0.2, 0) is 11.2 Å². The molecule has 0 bridgehead atoms. The number of nitrogens with zero attached hydrogens (tertiary/aromatic N) is 2. The Morgan fingerprint density at radius 3 is 2.48 bits per heavy atom. The predicted molar refractivity (Wildman–Crippen MR) is 86.5 cm³/mol. The summed E-state index contributed by atoms with van der Waals surface area (Å²) in [5, 5.41) is 2.87. The van der Waals surface area contributed by atoms with E-state index in [1.807, 2.05) is 13.8 Å². The zero-order chi connectivity index (χ0) is 16.8. The lowest BCUT2D eigenvalue weighted by molar-refractivity contribution is -0.130. The molecule has 0 aliphatic carbocycles. The van der Waals surface area contributed by atoms with E-state index in [4.69, 9.17) is 0 Å². The molecule has 1 aromatic rings. The van der Waals surface area contributed by atoms with Crippen LogP contribution in [0.1, 0.15) is 25.8 Å². The van der Waals surface area contributed by atoms with Crippen LogP contribution in [0.4, 0.5) is 9.18 Å². The number of hydrogen-bond donors (Lipinski definition) is 1. The molecule has 0 aromatic heterocycles. The number of hydrogen-bond acceptors (Lipinski definition) is 2. The van der Waals surface area contributed by atoms with Gasteiger partial charge >= 0.3 is 6.03 Å². The number of rotatable bonds is 3. The van der Waals surface area contributed by atoms with Crippen molar-refractivity contribution < 1.29 is 14.0 Å². The molecule has 1 aliphatic heterocycles. The van der Waals surface area contributed by atoms with Crippen molar-refractivity contribution in [2.24, 2.45) is 0 Å². The van der Waals surface area contributed by atoms with Crippen molar-refractivity contribution in [3.8, 4) is 0 Å². The van der Waals surface area contributed by atoms with Crippen LogP contribution in [0.2, 0.25) is 0 Å². The molecule has 126 valence electrons. The highest BCUT2D eigenvalue weighted by Crippen LogP contribution is 2.11. The van der Waals surface area contributed by atoms with Crippen molar-refractivity contribution in [3.05, 3.63) is 35.6 Å². The van der Waals surface area contributed by atoms with Crippen LogP contribution >= 0.6 is 0 Å². The summed E-state index contributed by atoms with van der Waals surface area (Å²) in [5.74, 6) is -0.449. The molecule has 0 radical (unpaired) electrons. The van der Waals surface area contributed by atoms with Crippen LogP contribution in [0.3, 0.4) is 0 Å². The lowest BCUT2D eigenvalue weighted by Gasteiger charge is -2.23. The summed E-state index contributed by atoms with van der Waals surface area (Å²) in [7, 11) is 0. The fourth-order valence-electron chi connectivity index (χ4n) is 2.62. The summed E-state index contributed by atoms with van der Waals surface area (Å²) in [5.41, 5.74) is 0.413. The molecule has 0 atom stereocenters. The number of carbonyl (C=O) groups is 2. The van der Waals surface area contributed by atoms with Crippen LogP contribution in [0, 0.1) is 5.82 Å². The molecule has 1 heterocycles. The van der Waals surface area contributed by atoms with Crippen LogP contribution in [0.5, 0.6) is 0 Å². The molecular weight excluding hydrogens is 297 g/mol. The highest BCUT2D eigenvalue weighted by Gasteiger charge is 2.22. The molecule has 3 amide bonds. The predicted octanol–water partition coefficient (Wildman–Crippen LogP) is 2.02. The SMILES string of the molecule is CC(C)NC(=O)N1CCCN(C(=O)Cc2ccccc2F)CC1. The van der Waals surface area contributed by atoms with Gasteiger partial charge in [0.15, 0.2) is 0 Å². The average Bonchev–Trinajstić information content (AvgIpc) is 2.75. The maximum atomic E-state index is 13.7. The standard InChI is InChI=1S/C17H24FN3O2/c1-13(2)19-17(23)21-9-5-8-20(10-11-21)16(22)12-14-6-3-4-7-15(14)18/h3-4,6-7,13H,5,8-12H2,1-2H3,(H,19,23). The molecule has 1 N–H and O–H groups in total. The normalized spacial score (nSPS) is 15.5. The lowest BCUT2D eigenvalue weighted by Crippen LogP contribution is -2.45. The Balaban J connectivity index is 1.91. The van der Waals surface area contributed by atoms with E-state index in [0.29, 0.717) is 31.7 Å². The molecule has 0 saturated carbocycles. The second kappa shape index (κ2) is 7.94. The number of benzene rings is 1. The maximum Gasteiger partial charge on any atom is 0.317 e. The van der Waals surface area contributed by atoms with E-state index in [2.05, 4.69) is 5.32 Å². The van der Waals surface area contributed by atoms with Crippen LogP contribution in [-0.4, -0.2) is 54.0 Å². The van der Waals surface area contributed by atoms with Crippen molar-refractivity contribution in [1.82, 2.24) is 15.1 Å². The van der Waals surface area contributed by atoms with Gasteiger partial charge in [0.05, 0.1) is 6.42 Å². The second-order valence-corrected chi connectivity index (χ2v) is 6.09. The van der Waals surface area contributed by atoms with E-state index in [0.717, 1.165) is 6.42 Å². The van der Waals surface area contributed by atoms with Crippen LogP contribution in [0.15, 0.2) is 24.3 Å². The molecule has 1 saturated heterocycles. The third-order valence-electron chi connectivity index (χ3n) is 3.85. The molecule has 1 aliphatic rings. The average molecular weight is 321 g/mol. The summed E-state index contributed by atoms with van der Waals surface area (Å²) in [4.78, 5) is 27.9. The Morgan fingerprint density at radius 1 is 1.13 bits per heavy atom. The first-order valence-corrected chi connectivity index (χ1v) is 8.04. The molecule has 0 unspecified atom stereocenters. The quantitative estimate of drug-likeness (QED) is 0.926. The van der Waals surface area contributed by atoms with Gasteiger partial charge in [-0.3, -0.25) is 4.79 Å². The molecule has 6 heteroatoms. The Hall–Kier alpha value is -2.11. The summed E-state index contributed by atoms with van der Waals surface area (Å²) in [6, 6.07) is 6.33. The molecule has 2 rings (SSSR count). The van der Waals surface area contributed by atoms with Crippen molar-refractivity contribution in [1.29, 1.82) is 0 Å². The van der Waals surface area contributed by atoms with Gasteiger partial charge in [0.1, 0.15) is 5.82 Å². The van der Waals surface area contributed by atoms with E-state index in [9.17, 15) is 14.0 Å². The van der Waals surface area contributed by atoms with Gasteiger partial charge in [-0.2, -0.15) is 0 Å². The Kier molecular flexibility index (Phi) is 5.96. The van der Waals surface area contributed by atoms with Gasteiger partial charge < -0.3 is 15.1 Å². The van der Waals surface area contributed by atoms with E-state index in [1.165, 1.54) is 6.07 Å². The fourth-order valence-corrected chi connectivity index (χ4v) is 2.62. The Labute approximate surface area is 136 Å². The molecule has 1 aromatic carbocycles. The molecule has 1 fully saturated rings. The van der Waals surface area contributed by atoms with Gasteiger partial charge in [0, 0.05) is 32.2 Å². The van der Waals surface area contributed by atoms with Gasteiger partial charge in [-0.1, -0.05) is 18.2 Å². The molecular formula is C17H24FN3O2. The highest BCUT2D eigenvalue weighted by atomic mass is 19.1. The number of nitrogens with one attached hydrogen (secondary N) is 1. The van der Waals surface area contributed by atoms with E-state index in [1.54, 1.807) is 28.0 Å². The second-order valence-electron chi connectivity index (χ2n) is 6.09. The van der Waals surface area contributed by atoms with Crippen molar-refractivity contribution in [2.45, 2.75) is 32.7 Å². The minimum Gasteiger partial charge on any atom is -0.341 e. The van der Waals surface area contributed by atoms with Crippen LogP contribution < -0.4 is 5.32 Å². The fraction of sp³-hybridized carbons (Fsp3) is 0.529. The van der Waals surface area contributed by atoms with Crippen LogP contribution in [0.25, 0.3) is 0 Å². The monoisotopic (exact) mass is 321 g/mol. The first-order valence-electron chi connectivity index (χ1n) is 8.04. The van der Waals surface area contributed by atoms with E-state index >= 15 is 0 Å². The number of halogens is 1. The highest BCUT2D eigenvalue weighted by molar-refractivity contribution is 5.79. The van der Waals surface area contributed by atoms with E-state index in [-0.39, 0.29) is 30.2 Å². The van der Waals surface area contributed by atoms with Gasteiger partial charge in [-0.15, -0.1) is 0 Å². The van der Waals surface area contributed by atoms with Gasteiger partial charge in [0.2, 0.25) is 5.91 Å². The molecule has 5 nitrogen and oxygen atoms in total. The van der Waals surface area contributed by atoms with Gasteiger partial charge in [-0.25, -0.2) is 9.18 Å².